The maximum Gasteiger partial charge on any atom is 0.237 e. The van der Waals surface area contributed by atoms with Gasteiger partial charge in [0.15, 0.2) is 11.5 Å². The van der Waals surface area contributed by atoms with Gasteiger partial charge in [-0.1, -0.05) is 13.0 Å². The monoisotopic (exact) mass is 358 g/mol. The molecule has 0 unspecified atom stereocenters. The minimum Gasteiger partial charge on any atom is -0.486 e. The SMILES string of the molecule is CC[C@@H]1CCCCN1C(=O)CN1CCC[C@@H]1c1ccc2c(c1)OCCO2. The van der Waals surface area contributed by atoms with Crippen LogP contribution in [0.4, 0.5) is 0 Å². The fourth-order valence-electron chi connectivity index (χ4n) is 4.68. The predicted octanol–water partition coefficient (Wildman–Crippen LogP) is 3.39. The number of nitrogens with zero attached hydrogens (tertiary/aromatic N) is 2. The zero-order chi connectivity index (χ0) is 17.9. The van der Waals surface area contributed by atoms with Crippen molar-refractivity contribution in [3.05, 3.63) is 23.8 Å². The zero-order valence-electron chi connectivity index (χ0n) is 15.8. The van der Waals surface area contributed by atoms with Crippen LogP contribution in [-0.2, 0) is 4.79 Å². The summed E-state index contributed by atoms with van der Waals surface area (Å²) in [5.41, 5.74) is 1.24. The number of fused-ring (bicyclic) bond motifs is 1. The van der Waals surface area contributed by atoms with Crippen LogP contribution in [0.2, 0.25) is 0 Å². The summed E-state index contributed by atoms with van der Waals surface area (Å²) >= 11 is 0. The average Bonchev–Trinajstić information content (AvgIpc) is 3.15. The van der Waals surface area contributed by atoms with E-state index in [0.717, 1.165) is 56.7 Å². The number of hydrogen-bond donors (Lipinski definition) is 0. The molecule has 0 aliphatic carbocycles. The third-order valence-corrected chi connectivity index (χ3v) is 6.07. The largest absolute Gasteiger partial charge is 0.486 e. The summed E-state index contributed by atoms with van der Waals surface area (Å²) in [6.07, 6.45) is 6.87. The Hall–Kier alpha value is -1.75. The van der Waals surface area contributed by atoms with E-state index in [1.54, 1.807) is 0 Å². The van der Waals surface area contributed by atoms with E-state index in [4.69, 9.17) is 9.47 Å². The van der Waals surface area contributed by atoms with Gasteiger partial charge in [0.05, 0.1) is 6.54 Å². The molecule has 3 aliphatic rings. The Labute approximate surface area is 156 Å². The molecule has 0 bridgehead atoms. The number of amides is 1. The third-order valence-electron chi connectivity index (χ3n) is 6.07. The van der Waals surface area contributed by atoms with Gasteiger partial charge in [0.25, 0.3) is 0 Å². The second-order valence-electron chi connectivity index (χ2n) is 7.68. The molecule has 3 aliphatic heterocycles. The van der Waals surface area contributed by atoms with Gasteiger partial charge >= 0.3 is 0 Å². The molecule has 0 N–H and O–H groups in total. The molecule has 0 aromatic heterocycles. The molecular weight excluding hydrogens is 328 g/mol. The second-order valence-corrected chi connectivity index (χ2v) is 7.68. The van der Waals surface area contributed by atoms with Gasteiger partial charge in [-0.25, -0.2) is 0 Å². The van der Waals surface area contributed by atoms with Gasteiger partial charge in [-0.15, -0.1) is 0 Å². The van der Waals surface area contributed by atoms with Gasteiger partial charge in [-0.2, -0.15) is 0 Å². The standard InChI is InChI=1S/C21H30N2O3/c1-2-17-6-3-4-11-23(17)21(24)15-22-10-5-7-18(22)16-8-9-19-20(14-16)26-13-12-25-19/h8-9,14,17-18H,2-7,10-13,15H2,1H3/t17-,18-/m1/s1. The fraction of sp³-hybridized carbons (Fsp3) is 0.667. The molecule has 0 spiro atoms. The fourth-order valence-corrected chi connectivity index (χ4v) is 4.68. The topological polar surface area (TPSA) is 42.0 Å². The van der Waals surface area contributed by atoms with Crippen LogP contribution >= 0.6 is 0 Å². The van der Waals surface area contributed by atoms with Crippen LogP contribution in [0.1, 0.15) is 57.1 Å². The van der Waals surface area contributed by atoms with Crippen molar-refractivity contribution < 1.29 is 14.3 Å². The molecule has 0 saturated carbocycles. The molecule has 1 aromatic carbocycles. The van der Waals surface area contributed by atoms with Crippen molar-refractivity contribution in [3.8, 4) is 11.5 Å². The Bertz CT molecular complexity index is 648. The molecule has 0 radical (unpaired) electrons. The number of carbonyl (C=O) groups excluding carboxylic acids is 1. The van der Waals surface area contributed by atoms with Crippen LogP contribution in [0.3, 0.4) is 0 Å². The Morgan fingerprint density at radius 3 is 2.77 bits per heavy atom. The van der Waals surface area contributed by atoms with E-state index < -0.39 is 0 Å². The molecule has 2 fully saturated rings. The Balaban J connectivity index is 1.45. The van der Waals surface area contributed by atoms with E-state index in [0.29, 0.717) is 37.7 Å². The van der Waals surface area contributed by atoms with Crippen LogP contribution in [-0.4, -0.2) is 54.6 Å². The molecule has 142 valence electrons. The van der Waals surface area contributed by atoms with Gasteiger partial charge in [0, 0.05) is 18.6 Å². The van der Waals surface area contributed by atoms with Gasteiger partial charge in [-0.05, 0) is 62.8 Å². The molecule has 1 aromatic rings. The molecule has 5 nitrogen and oxygen atoms in total. The van der Waals surface area contributed by atoms with Crippen molar-refractivity contribution >= 4 is 5.91 Å². The number of rotatable bonds is 4. The van der Waals surface area contributed by atoms with E-state index in [1.165, 1.54) is 12.0 Å². The van der Waals surface area contributed by atoms with Crippen molar-refractivity contribution in [2.75, 3.05) is 32.8 Å². The van der Waals surface area contributed by atoms with Gasteiger partial charge < -0.3 is 14.4 Å². The van der Waals surface area contributed by atoms with Crippen molar-refractivity contribution in [2.24, 2.45) is 0 Å². The van der Waals surface area contributed by atoms with E-state index >= 15 is 0 Å². The van der Waals surface area contributed by atoms with Gasteiger partial charge in [0.1, 0.15) is 13.2 Å². The maximum atomic E-state index is 13.0. The Morgan fingerprint density at radius 2 is 1.92 bits per heavy atom. The highest BCUT2D eigenvalue weighted by molar-refractivity contribution is 5.78. The lowest BCUT2D eigenvalue weighted by Crippen LogP contribution is -2.47. The first-order valence-electron chi connectivity index (χ1n) is 10.2. The Kier molecular flexibility index (Phi) is 5.34. The van der Waals surface area contributed by atoms with Crippen molar-refractivity contribution in [3.63, 3.8) is 0 Å². The molecule has 2 saturated heterocycles. The summed E-state index contributed by atoms with van der Waals surface area (Å²) in [5.74, 6) is 1.98. The normalized spacial score (nSPS) is 26.1. The average molecular weight is 358 g/mol. The van der Waals surface area contributed by atoms with E-state index in [1.807, 2.05) is 6.07 Å². The highest BCUT2D eigenvalue weighted by Crippen LogP contribution is 2.38. The Morgan fingerprint density at radius 1 is 1.08 bits per heavy atom. The number of carbonyl (C=O) groups is 1. The number of piperidine rings is 1. The molecule has 5 heteroatoms. The lowest BCUT2D eigenvalue weighted by molar-refractivity contribution is -0.136. The van der Waals surface area contributed by atoms with Gasteiger partial charge in [-0.3, -0.25) is 9.69 Å². The summed E-state index contributed by atoms with van der Waals surface area (Å²) in [4.78, 5) is 17.5. The summed E-state index contributed by atoms with van der Waals surface area (Å²) in [6.45, 7) is 5.89. The van der Waals surface area contributed by atoms with Crippen LogP contribution < -0.4 is 9.47 Å². The predicted molar refractivity (Wildman–Crippen MR) is 101 cm³/mol. The van der Waals surface area contributed by atoms with Gasteiger partial charge in [0.2, 0.25) is 5.91 Å². The number of hydrogen-bond acceptors (Lipinski definition) is 4. The molecular formula is C21H30N2O3. The number of ether oxygens (including phenoxy) is 2. The van der Waals surface area contributed by atoms with Crippen LogP contribution in [0.15, 0.2) is 18.2 Å². The summed E-state index contributed by atoms with van der Waals surface area (Å²) in [7, 11) is 0. The summed E-state index contributed by atoms with van der Waals surface area (Å²) in [6, 6.07) is 7.00. The van der Waals surface area contributed by atoms with Crippen LogP contribution in [0.5, 0.6) is 11.5 Å². The minimum atomic E-state index is 0.305. The first kappa shape index (κ1) is 17.7. The van der Waals surface area contributed by atoms with Crippen LogP contribution in [0, 0.1) is 0 Å². The van der Waals surface area contributed by atoms with Crippen LogP contribution in [0.25, 0.3) is 0 Å². The van der Waals surface area contributed by atoms with E-state index in [9.17, 15) is 4.79 Å². The molecule has 4 rings (SSSR count). The highest BCUT2D eigenvalue weighted by atomic mass is 16.6. The molecule has 3 heterocycles. The highest BCUT2D eigenvalue weighted by Gasteiger charge is 2.32. The third kappa shape index (κ3) is 3.54. The summed E-state index contributed by atoms with van der Waals surface area (Å²) in [5, 5.41) is 0. The first-order chi connectivity index (χ1) is 12.8. The summed E-state index contributed by atoms with van der Waals surface area (Å²) < 4.78 is 11.4. The van der Waals surface area contributed by atoms with Crippen molar-refractivity contribution in [2.45, 2.75) is 57.5 Å². The zero-order valence-corrected chi connectivity index (χ0v) is 15.8. The molecule has 2 atom stereocenters. The lowest BCUT2D eigenvalue weighted by Gasteiger charge is -2.37. The number of likely N-dealkylation sites (tertiary alicyclic amines) is 2. The molecule has 1 amide bonds. The minimum absolute atomic E-state index is 0.305. The quantitative estimate of drug-likeness (QED) is 0.827. The maximum absolute atomic E-state index is 13.0. The lowest BCUT2D eigenvalue weighted by atomic mass is 9.99. The second kappa shape index (κ2) is 7.87. The van der Waals surface area contributed by atoms with Crippen molar-refractivity contribution in [1.82, 2.24) is 9.80 Å². The molecule has 26 heavy (non-hydrogen) atoms. The van der Waals surface area contributed by atoms with E-state index in [2.05, 4.69) is 28.9 Å². The number of benzene rings is 1. The van der Waals surface area contributed by atoms with Crippen molar-refractivity contribution in [1.29, 1.82) is 0 Å². The van der Waals surface area contributed by atoms with E-state index in [-0.39, 0.29) is 0 Å². The smallest absolute Gasteiger partial charge is 0.237 e. The first-order valence-corrected chi connectivity index (χ1v) is 10.2.